The molecule has 3 nitrogen and oxygen atoms in total. The highest BCUT2D eigenvalue weighted by Gasteiger charge is 2.14. The Morgan fingerprint density at radius 1 is 1.24 bits per heavy atom. The lowest BCUT2D eigenvalue weighted by molar-refractivity contribution is 0.506. The van der Waals surface area contributed by atoms with Crippen LogP contribution in [-0.2, 0) is 13.0 Å². The summed E-state index contributed by atoms with van der Waals surface area (Å²) in [6.07, 6.45) is 7.68. The van der Waals surface area contributed by atoms with Crippen molar-refractivity contribution in [3.05, 3.63) is 76.5 Å². The van der Waals surface area contributed by atoms with E-state index in [0.717, 1.165) is 35.4 Å². The maximum Gasteiger partial charge on any atom is 0.152 e. The minimum absolute atomic E-state index is 0.250. The van der Waals surface area contributed by atoms with Gasteiger partial charge in [-0.15, -0.1) is 5.10 Å². The molecule has 0 saturated heterocycles. The first-order valence-corrected chi connectivity index (χ1v) is 8.83. The third kappa shape index (κ3) is 5.13. The smallest absolute Gasteiger partial charge is 0.152 e. The van der Waals surface area contributed by atoms with Gasteiger partial charge in [-0.05, 0) is 43.5 Å². The highest BCUT2D eigenvalue weighted by molar-refractivity contribution is 6.29. The molecule has 1 aromatic carbocycles. The zero-order chi connectivity index (χ0) is 18.2. The number of nitrogens with zero attached hydrogens (tertiary/aromatic N) is 3. The minimum atomic E-state index is -0.250. The molecule has 0 radical (unpaired) electrons. The fourth-order valence-electron chi connectivity index (χ4n) is 2.67. The predicted octanol–water partition coefficient (Wildman–Crippen LogP) is 5.62. The van der Waals surface area contributed by atoms with Gasteiger partial charge in [0.1, 0.15) is 5.82 Å². The molecular formula is C20H23ClFN3. The molecule has 0 aliphatic heterocycles. The first kappa shape index (κ1) is 19.1. The number of hydrogen-bond donors (Lipinski definition) is 0. The van der Waals surface area contributed by atoms with Gasteiger partial charge in [0.25, 0.3) is 0 Å². The summed E-state index contributed by atoms with van der Waals surface area (Å²) in [5.41, 5.74) is 3.70. The maximum atomic E-state index is 13.7. The van der Waals surface area contributed by atoms with Crippen molar-refractivity contribution in [3.63, 3.8) is 0 Å². The number of rotatable bonds is 7. The van der Waals surface area contributed by atoms with Gasteiger partial charge in [-0.2, -0.15) is 5.10 Å². The van der Waals surface area contributed by atoms with Crippen molar-refractivity contribution in [2.24, 2.45) is 0 Å². The van der Waals surface area contributed by atoms with Crippen molar-refractivity contribution in [1.29, 1.82) is 0 Å². The summed E-state index contributed by atoms with van der Waals surface area (Å²) in [7, 11) is 0. The van der Waals surface area contributed by atoms with Crippen molar-refractivity contribution in [3.8, 4) is 0 Å². The predicted molar refractivity (Wildman–Crippen MR) is 101 cm³/mol. The Morgan fingerprint density at radius 2 is 2.04 bits per heavy atom. The van der Waals surface area contributed by atoms with Gasteiger partial charge < -0.3 is 4.90 Å². The normalized spacial score (nSPS) is 12.0. The molecule has 1 aromatic heterocycles. The highest BCUT2D eigenvalue weighted by Crippen LogP contribution is 2.24. The minimum Gasteiger partial charge on any atom is -0.342 e. The van der Waals surface area contributed by atoms with E-state index in [1.165, 1.54) is 6.07 Å². The van der Waals surface area contributed by atoms with E-state index in [9.17, 15) is 4.39 Å². The summed E-state index contributed by atoms with van der Waals surface area (Å²) < 4.78 is 13.7. The molecule has 0 amide bonds. The molecule has 0 unspecified atom stereocenters. The molecule has 1 heterocycles. The van der Waals surface area contributed by atoms with Gasteiger partial charge in [-0.25, -0.2) is 4.39 Å². The van der Waals surface area contributed by atoms with E-state index in [4.69, 9.17) is 11.6 Å². The second kappa shape index (κ2) is 9.33. The van der Waals surface area contributed by atoms with Crippen LogP contribution in [0.4, 0.5) is 4.39 Å². The van der Waals surface area contributed by atoms with Gasteiger partial charge in [0.2, 0.25) is 0 Å². The topological polar surface area (TPSA) is 29.0 Å². The van der Waals surface area contributed by atoms with E-state index in [1.54, 1.807) is 12.1 Å². The third-order valence-corrected chi connectivity index (χ3v) is 3.97. The third-order valence-electron chi connectivity index (χ3n) is 3.79. The van der Waals surface area contributed by atoms with Crippen LogP contribution in [0.15, 0.2) is 48.7 Å². The number of aryl methyl sites for hydroxylation is 1. The molecule has 2 aromatic rings. The fourth-order valence-corrected chi connectivity index (χ4v) is 2.84. The van der Waals surface area contributed by atoms with Gasteiger partial charge in [0, 0.05) is 17.5 Å². The second-order valence-electron chi connectivity index (χ2n) is 5.61. The molecule has 132 valence electrons. The lowest BCUT2D eigenvalue weighted by Gasteiger charge is -2.25. The van der Waals surface area contributed by atoms with E-state index >= 15 is 0 Å². The van der Waals surface area contributed by atoms with Crippen LogP contribution in [-0.4, -0.2) is 15.1 Å². The van der Waals surface area contributed by atoms with E-state index in [1.807, 2.05) is 31.3 Å². The molecular weight excluding hydrogens is 337 g/mol. The zero-order valence-corrected chi connectivity index (χ0v) is 15.6. The zero-order valence-electron chi connectivity index (χ0n) is 14.8. The van der Waals surface area contributed by atoms with Crippen LogP contribution >= 0.6 is 11.6 Å². The highest BCUT2D eigenvalue weighted by atomic mass is 35.5. The molecule has 5 heteroatoms. The van der Waals surface area contributed by atoms with E-state index in [2.05, 4.69) is 35.0 Å². The van der Waals surface area contributed by atoms with Crippen molar-refractivity contribution >= 4 is 17.3 Å². The van der Waals surface area contributed by atoms with E-state index < -0.39 is 0 Å². The van der Waals surface area contributed by atoms with Crippen molar-refractivity contribution in [1.82, 2.24) is 15.1 Å². The van der Waals surface area contributed by atoms with Crippen LogP contribution in [0.2, 0.25) is 5.15 Å². The summed E-state index contributed by atoms with van der Waals surface area (Å²) in [4.78, 5) is 2.06. The Kier molecular flexibility index (Phi) is 7.14. The number of allylic oxidation sites excluding steroid dienone is 2. The van der Waals surface area contributed by atoms with Gasteiger partial charge in [-0.3, -0.25) is 0 Å². The Labute approximate surface area is 153 Å². The summed E-state index contributed by atoms with van der Waals surface area (Å²) in [5, 5.41) is 8.64. The van der Waals surface area contributed by atoms with E-state index in [-0.39, 0.29) is 5.82 Å². The molecule has 0 fully saturated rings. The molecule has 2 rings (SSSR count). The summed E-state index contributed by atoms with van der Waals surface area (Å²) >= 11 is 5.96. The fraction of sp³-hybridized carbons (Fsp3) is 0.300. The summed E-state index contributed by atoms with van der Waals surface area (Å²) in [6, 6.07) is 8.49. The van der Waals surface area contributed by atoms with Crippen LogP contribution in [0.1, 0.15) is 44.0 Å². The second-order valence-corrected chi connectivity index (χ2v) is 6.00. The van der Waals surface area contributed by atoms with Crippen LogP contribution in [0.5, 0.6) is 0 Å². The SMILES string of the molecule is C/C=C\N(Cc1nnc(Cl)cc1CC)/C(=C/CC)c1cccc(F)c1. The van der Waals surface area contributed by atoms with Crippen molar-refractivity contribution in [2.45, 2.75) is 40.2 Å². The molecule has 25 heavy (non-hydrogen) atoms. The molecule has 0 N–H and O–H groups in total. The largest absolute Gasteiger partial charge is 0.342 e. The molecule has 0 atom stereocenters. The molecule has 0 saturated carbocycles. The molecule has 0 aliphatic rings. The first-order chi connectivity index (χ1) is 12.1. The van der Waals surface area contributed by atoms with E-state index in [0.29, 0.717) is 11.7 Å². The molecule has 0 aliphatic carbocycles. The molecule has 0 bridgehead atoms. The van der Waals surface area contributed by atoms with Crippen LogP contribution in [0, 0.1) is 5.82 Å². The Hall–Kier alpha value is -2.20. The van der Waals surface area contributed by atoms with Gasteiger partial charge in [-0.1, -0.05) is 49.7 Å². The van der Waals surface area contributed by atoms with Crippen molar-refractivity contribution < 1.29 is 4.39 Å². The average Bonchev–Trinajstić information content (AvgIpc) is 2.60. The Balaban J connectivity index is 2.43. The van der Waals surface area contributed by atoms with Gasteiger partial charge in [0.05, 0.1) is 12.2 Å². The van der Waals surface area contributed by atoms with Gasteiger partial charge >= 0.3 is 0 Å². The monoisotopic (exact) mass is 359 g/mol. The lowest BCUT2D eigenvalue weighted by Crippen LogP contribution is -2.18. The summed E-state index contributed by atoms with van der Waals surface area (Å²) in [5.74, 6) is -0.250. The van der Waals surface area contributed by atoms with Crippen LogP contribution < -0.4 is 0 Å². The first-order valence-electron chi connectivity index (χ1n) is 8.45. The van der Waals surface area contributed by atoms with Gasteiger partial charge in [0.15, 0.2) is 5.15 Å². The quantitative estimate of drug-likeness (QED) is 0.642. The van der Waals surface area contributed by atoms with Crippen LogP contribution in [0.3, 0.4) is 0 Å². The number of benzene rings is 1. The number of halogens is 2. The molecule has 0 spiro atoms. The average molecular weight is 360 g/mol. The standard InChI is InChI=1S/C20H23ClFN3/c1-4-8-19(16-9-7-10-17(22)12-16)25(11-5-2)14-18-15(6-3)13-20(21)24-23-18/h5,7-13H,4,6,14H2,1-3H3/b11-5-,19-8+. The number of hydrogen-bond acceptors (Lipinski definition) is 3. The summed E-state index contributed by atoms with van der Waals surface area (Å²) in [6.45, 7) is 6.62. The Bertz CT molecular complexity index is 771. The lowest BCUT2D eigenvalue weighted by atomic mass is 10.1. The number of aromatic nitrogens is 2. The maximum absolute atomic E-state index is 13.7. The Morgan fingerprint density at radius 3 is 2.68 bits per heavy atom. The van der Waals surface area contributed by atoms with Crippen LogP contribution in [0.25, 0.3) is 5.70 Å². The van der Waals surface area contributed by atoms with Crippen molar-refractivity contribution in [2.75, 3.05) is 0 Å².